The van der Waals surface area contributed by atoms with E-state index in [0.717, 1.165) is 33.8 Å². The Morgan fingerprint density at radius 2 is 1.83 bits per heavy atom. The van der Waals surface area contributed by atoms with E-state index in [-0.39, 0.29) is 12.5 Å². The molecule has 0 saturated carbocycles. The molecule has 2 aliphatic heterocycles. The highest BCUT2D eigenvalue weighted by molar-refractivity contribution is 7.07. The van der Waals surface area contributed by atoms with Crippen LogP contribution in [0, 0.1) is 6.92 Å². The Hall–Kier alpha value is -4.37. The number of carbonyl (C=O) groups excluding carboxylic acids is 1. The summed E-state index contributed by atoms with van der Waals surface area (Å²) >= 11 is 1.49. The third-order valence-electron chi connectivity index (χ3n) is 5.71. The first-order valence-electron chi connectivity index (χ1n) is 11.5. The molecule has 0 unspecified atom stereocenters. The number of hydrogen-bond acceptors (Lipinski definition) is 7. The summed E-state index contributed by atoms with van der Waals surface area (Å²) in [7, 11) is 0. The summed E-state index contributed by atoms with van der Waals surface area (Å²) in [6.07, 6.45) is 1.77. The zero-order valence-electron chi connectivity index (χ0n) is 19.4. The summed E-state index contributed by atoms with van der Waals surface area (Å²) in [5, 5.41) is 9.68. The lowest BCUT2D eigenvalue weighted by atomic mass is 10.1. The molecule has 9 heteroatoms. The SMILES string of the molecule is Cc1cccc(N=c2scc(-c3ccc4c(c3)NC(=O)CO4)n2/N=C/c2ccc3c(c2)OCCO3)c1. The van der Waals surface area contributed by atoms with Crippen LogP contribution in [0.3, 0.4) is 0 Å². The molecule has 4 aromatic rings. The van der Waals surface area contributed by atoms with Crippen molar-refractivity contribution >= 4 is 34.8 Å². The van der Waals surface area contributed by atoms with Gasteiger partial charge in [0.05, 0.1) is 23.3 Å². The lowest BCUT2D eigenvalue weighted by Gasteiger charge is -2.18. The minimum atomic E-state index is -0.176. The van der Waals surface area contributed by atoms with E-state index in [1.165, 1.54) is 11.3 Å². The molecular formula is C27H22N4O4S. The summed E-state index contributed by atoms with van der Waals surface area (Å²) in [6, 6.07) is 19.4. The van der Waals surface area contributed by atoms with E-state index in [0.29, 0.717) is 35.2 Å². The first kappa shape index (κ1) is 22.1. The van der Waals surface area contributed by atoms with Crippen LogP contribution in [-0.4, -0.2) is 36.6 Å². The molecule has 1 N–H and O–H groups in total. The van der Waals surface area contributed by atoms with Crippen LogP contribution in [0.5, 0.6) is 17.2 Å². The average Bonchev–Trinajstić information content (AvgIpc) is 3.29. The van der Waals surface area contributed by atoms with Crippen molar-refractivity contribution in [2.45, 2.75) is 6.92 Å². The smallest absolute Gasteiger partial charge is 0.262 e. The van der Waals surface area contributed by atoms with Crippen LogP contribution in [0.4, 0.5) is 11.4 Å². The van der Waals surface area contributed by atoms with Gasteiger partial charge < -0.3 is 19.5 Å². The van der Waals surface area contributed by atoms with E-state index in [2.05, 4.69) is 5.32 Å². The molecule has 1 amide bonds. The first-order chi connectivity index (χ1) is 17.6. The minimum Gasteiger partial charge on any atom is -0.486 e. The van der Waals surface area contributed by atoms with Crippen molar-refractivity contribution in [2.24, 2.45) is 10.1 Å². The van der Waals surface area contributed by atoms with Crippen LogP contribution in [0.2, 0.25) is 0 Å². The molecule has 0 aliphatic carbocycles. The van der Waals surface area contributed by atoms with Gasteiger partial charge in [-0.05, 0) is 66.6 Å². The molecule has 3 heterocycles. The monoisotopic (exact) mass is 498 g/mol. The number of anilines is 1. The number of nitrogens with zero attached hydrogens (tertiary/aromatic N) is 3. The zero-order valence-corrected chi connectivity index (χ0v) is 20.2. The van der Waals surface area contributed by atoms with Gasteiger partial charge in [-0.15, -0.1) is 11.3 Å². The van der Waals surface area contributed by atoms with Crippen LogP contribution in [0.25, 0.3) is 11.3 Å². The molecule has 0 spiro atoms. The Labute approximate surface area is 211 Å². The number of rotatable bonds is 4. The highest BCUT2D eigenvalue weighted by Gasteiger charge is 2.18. The van der Waals surface area contributed by atoms with Gasteiger partial charge in [0.25, 0.3) is 5.91 Å². The molecule has 36 heavy (non-hydrogen) atoms. The Morgan fingerprint density at radius 1 is 0.972 bits per heavy atom. The predicted octanol–water partition coefficient (Wildman–Crippen LogP) is 4.74. The lowest BCUT2D eigenvalue weighted by Crippen LogP contribution is -2.25. The van der Waals surface area contributed by atoms with E-state index >= 15 is 0 Å². The Balaban J connectivity index is 1.44. The lowest BCUT2D eigenvalue weighted by molar-refractivity contribution is -0.118. The summed E-state index contributed by atoms with van der Waals surface area (Å²) in [5.41, 5.74) is 5.19. The maximum absolute atomic E-state index is 11.8. The van der Waals surface area contributed by atoms with Crippen molar-refractivity contribution in [3.8, 4) is 28.5 Å². The van der Waals surface area contributed by atoms with Crippen LogP contribution in [-0.2, 0) is 4.79 Å². The van der Waals surface area contributed by atoms with Crippen LogP contribution in [0.1, 0.15) is 11.1 Å². The molecular weight excluding hydrogens is 476 g/mol. The summed E-state index contributed by atoms with van der Waals surface area (Å²) < 4.78 is 18.7. The third kappa shape index (κ3) is 4.48. The summed E-state index contributed by atoms with van der Waals surface area (Å²) in [4.78, 5) is 17.4. The molecule has 0 radical (unpaired) electrons. The van der Waals surface area contributed by atoms with Crippen molar-refractivity contribution < 1.29 is 19.0 Å². The van der Waals surface area contributed by atoms with E-state index in [4.69, 9.17) is 24.3 Å². The number of benzene rings is 3. The van der Waals surface area contributed by atoms with E-state index in [1.54, 1.807) is 10.9 Å². The number of amides is 1. The van der Waals surface area contributed by atoms with Gasteiger partial charge in [-0.1, -0.05) is 12.1 Å². The van der Waals surface area contributed by atoms with Gasteiger partial charge in [0, 0.05) is 10.9 Å². The maximum atomic E-state index is 11.8. The third-order valence-corrected chi connectivity index (χ3v) is 6.52. The molecule has 2 aliphatic rings. The number of ether oxygens (including phenoxy) is 3. The van der Waals surface area contributed by atoms with Crippen molar-refractivity contribution in [3.63, 3.8) is 0 Å². The maximum Gasteiger partial charge on any atom is 0.262 e. The van der Waals surface area contributed by atoms with Gasteiger partial charge in [0.15, 0.2) is 18.1 Å². The summed E-state index contributed by atoms with van der Waals surface area (Å²) in [6.45, 7) is 3.13. The van der Waals surface area contributed by atoms with Crippen molar-refractivity contribution in [3.05, 3.63) is 82.0 Å². The Bertz CT molecular complexity index is 1570. The number of carbonyl (C=O) groups is 1. The summed E-state index contributed by atoms with van der Waals surface area (Å²) in [5.74, 6) is 1.90. The molecule has 1 aromatic heterocycles. The minimum absolute atomic E-state index is 0.0180. The number of fused-ring (bicyclic) bond motifs is 2. The highest BCUT2D eigenvalue weighted by Crippen LogP contribution is 2.33. The molecule has 0 bridgehead atoms. The van der Waals surface area contributed by atoms with E-state index < -0.39 is 0 Å². The first-order valence-corrected chi connectivity index (χ1v) is 12.3. The second-order valence-electron chi connectivity index (χ2n) is 8.36. The molecule has 8 nitrogen and oxygen atoms in total. The van der Waals surface area contributed by atoms with Gasteiger partial charge in [-0.2, -0.15) is 5.10 Å². The molecule has 0 saturated heterocycles. The van der Waals surface area contributed by atoms with Gasteiger partial charge >= 0.3 is 0 Å². The van der Waals surface area contributed by atoms with Crippen LogP contribution < -0.4 is 24.3 Å². The number of thiazole rings is 1. The largest absolute Gasteiger partial charge is 0.486 e. The van der Waals surface area contributed by atoms with Crippen molar-refractivity contribution in [2.75, 3.05) is 25.1 Å². The number of nitrogens with one attached hydrogen (secondary N) is 1. The van der Waals surface area contributed by atoms with Crippen molar-refractivity contribution in [1.82, 2.24) is 4.68 Å². The second kappa shape index (κ2) is 9.35. The van der Waals surface area contributed by atoms with Gasteiger partial charge in [-0.25, -0.2) is 9.67 Å². The molecule has 0 atom stereocenters. The zero-order chi connectivity index (χ0) is 24.5. The standard InChI is InChI=1S/C27H22N4O4S/c1-17-3-2-4-20(11-17)29-27-31(28-14-18-5-7-24-25(12-18)34-10-9-33-24)22(16-36-27)19-6-8-23-21(13-19)30-26(32)15-35-23/h2-8,11-14,16H,9-10,15H2,1H3,(H,30,32)/b28-14+,29-27?. The fourth-order valence-corrected chi connectivity index (χ4v) is 4.86. The fraction of sp³-hybridized carbons (Fsp3) is 0.148. The average molecular weight is 499 g/mol. The molecule has 3 aromatic carbocycles. The Morgan fingerprint density at radius 3 is 2.72 bits per heavy atom. The Kier molecular flexibility index (Phi) is 5.74. The molecule has 180 valence electrons. The van der Waals surface area contributed by atoms with E-state index in [9.17, 15) is 4.79 Å². The van der Waals surface area contributed by atoms with Gasteiger partial charge in [0.2, 0.25) is 4.80 Å². The van der Waals surface area contributed by atoms with Crippen molar-refractivity contribution in [1.29, 1.82) is 0 Å². The van der Waals surface area contributed by atoms with Gasteiger partial charge in [-0.3, -0.25) is 4.79 Å². The normalized spacial score (nSPS) is 14.9. The number of hydrogen-bond donors (Lipinski definition) is 1. The highest BCUT2D eigenvalue weighted by atomic mass is 32.1. The molecule has 0 fully saturated rings. The number of aryl methyl sites for hydroxylation is 1. The molecule has 6 rings (SSSR count). The topological polar surface area (TPSA) is 86.4 Å². The van der Waals surface area contributed by atoms with Crippen LogP contribution >= 0.6 is 11.3 Å². The predicted molar refractivity (Wildman–Crippen MR) is 139 cm³/mol. The van der Waals surface area contributed by atoms with E-state index in [1.807, 2.05) is 73.0 Å². The van der Waals surface area contributed by atoms with Gasteiger partial charge in [0.1, 0.15) is 19.0 Å². The van der Waals surface area contributed by atoms with Crippen LogP contribution in [0.15, 0.2) is 76.1 Å². The second-order valence-corrected chi connectivity index (χ2v) is 9.20. The quantitative estimate of drug-likeness (QED) is 0.412. The fourth-order valence-electron chi connectivity index (χ4n) is 4.00. The number of aromatic nitrogens is 1.